The Balaban J connectivity index is 2.72. The van der Waals surface area contributed by atoms with E-state index in [9.17, 15) is 9.90 Å². The number of terminal acetylenes is 1. The Morgan fingerprint density at radius 2 is 2.00 bits per heavy atom. The van der Waals surface area contributed by atoms with E-state index in [1.165, 1.54) is 0 Å². The highest BCUT2D eigenvalue weighted by molar-refractivity contribution is 5.75. The summed E-state index contributed by atoms with van der Waals surface area (Å²) in [5.41, 5.74) is -0.324. The molecule has 1 aliphatic carbocycles. The fraction of sp³-hybridized carbons (Fsp3) is 0.800. The van der Waals surface area contributed by atoms with E-state index in [1.807, 2.05) is 0 Å². The van der Waals surface area contributed by atoms with Crippen LogP contribution in [0.1, 0.15) is 59.3 Å². The summed E-state index contributed by atoms with van der Waals surface area (Å²) in [5.74, 6) is 2.48. The quantitative estimate of drug-likeness (QED) is 0.755. The average molecular weight is 236 g/mol. The average Bonchev–Trinajstić information content (AvgIpc) is 2.30. The molecule has 0 radical (unpaired) electrons. The zero-order valence-electron chi connectivity index (χ0n) is 11.3. The summed E-state index contributed by atoms with van der Waals surface area (Å²) in [6.07, 6.45) is 10.3. The van der Waals surface area contributed by atoms with Gasteiger partial charge < -0.3 is 5.11 Å². The van der Waals surface area contributed by atoms with Crippen LogP contribution in [0, 0.1) is 29.1 Å². The van der Waals surface area contributed by atoms with Crippen molar-refractivity contribution in [2.45, 2.75) is 59.3 Å². The van der Waals surface area contributed by atoms with Crippen LogP contribution in [0.4, 0.5) is 0 Å². The van der Waals surface area contributed by atoms with Gasteiger partial charge in [-0.1, -0.05) is 27.2 Å². The fourth-order valence-electron chi connectivity index (χ4n) is 2.90. The summed E-state index contributed by atoms with van der Waals surface area (Å²) < 4.78 is 0. The molecule has 0 spiro atoms. The van der Waals surface area contributed by atoms with Crippen molar-refractivity contribution in [3.8, 4) is 12.3 Å². The number of carboxylic acid groups (broad SMARTS) is 1. The second-order valence-electron chi connectivity index (χ2n) is 6.08. The summed E-state index contributed by atoms with van der Waals surface area (Å²) >= 11 is 0. The van der Waals surface area contributed by atoms with Gasteiger partial charge in [-0.3, -0.25) is 4.79 Å². The second-order valence-corrected chi connectivity index (χ2v) is 6.08. The number of aliphatic carboxylic acids is 1. The van der Waals surface area contributed by atoms with Gasteiger partial charge in [-0.15, -0.1) is 12.3 Å². The van der Waals surface area contributed by atoms with E-state index in [0.717, 1.165) is 32.1 Å². The lowest BCUT2D eigenvalue weighted by molar-refractivity contribution is -0.152. The van der Waals surface area contributed by atoms with Crippen molar-refractivity contribution in [1.82, 2.24) is 0 Å². The Bertz CT molecular complexity index is 314. The van der Waals surface area contributed by atoms with E-state index in [0.29, 0.717) is 17.8 Å². The maximum absolute atomic E-state index is 11.4. The summed E-state index contributed by atoms with van der Waals surface area (Å²) in [6, 6.07) is 0. The summed E-state index contributed by atoms with van der Waals surface area (Å²) in [5, 5.41) is 9.37. The molecule has 1 rings (SSSR count). The molecule has 0 amide bonds. The monoisotopic (exact) mass is 236 g/mol. The molecule has 0 atom stereocenters. The largest absolute Gasteiger partial charge is 0.481 e. The van der Waals surface area contributed by atoms with Crippen molar-refractivity contribution < 1.29 is 9.90 Å². The number of carbonyl (C=O) groups is 1. The van der Waals surface area contributed by atoms with Gasteiger partial charge in [-0.05, 0) is 37.0 Å². The van der Waals surface area contributed by atoms with Crippen LogP contribution in [0.5, 0.6) is 0 Å². The van der Waals surface area contributed by atoms with Gasteiger partial charge in [-0.25, -0.2) is 0 Å². The van der Waals surface area contributed by atoms with Crippen LogP contribution in [0.3, 0.4) is 0 Å². The van der Waals surface area contributed by atoms with E-state index < -0.39 is 11.4 Å². The van der Waals surface area contributed by atoms with Crippen LogP contribution in [0.15, 0.2) is 0 Å². The van der Waals surface area contributed by atoms with Gasteiger partial charge in [-0.2, -0.15) is 0 Å². The first kappa shape index (κ1) is 14.1. The molecule has 2 nitrogen and oxygen atoms in total. The summed E-state index contributed by atoms with van der Waals surface area (Å²) in [4.78, 5) is 11.4. The van der Waals surface area contributed by atoms with E-state index in [4.69, 9.17) is 6.42 Å². The minimum Gasteiger partial charge on any atom is -0.481 e. The fourth-order valence-corrected chi connectivity index (χ4v) is 2.90. The zero-order chi connectivity index (χ0) is 13.1. The van der Waals surface area contributed by atoms with E-state index in [-0.39, 0.29) is 0 Å². The van der Waals surface area contributed by atoms with Gasteiger partial charge in [0.25, 0.3) is 0 Å². The van der Waals surface area contributed by atoms with Crippen LogP contribution in [-0.2, 0) is 4.79 Å². The molecule has 96 valence electrons. The lowest BCUT2D eigenvalue weighted by atomic mass is 9.62. The molecular formula is C15H24O2. The van der Waals surface area contributed by atoms with Crippen molar-refractivity contribution in [3.05, 3.63) is 0 Å². The van der Waals surface area contributed by atoms with Gasteiger partial charge in [0.15, 0.2) is 0 Å². The van der Waals surface area contributed by atoms with E-state index in [2.05, 4.69) is 26.7 Å². The second kappa shape index (κ2) is 5.12. The Morgan fingerprint density at radius 1 is 1.47 bits per heavy atom. The number of hydrogen-bond acceptors (Lipinski definition) is 1. The highest BCUT2D eigenvalue weighted by Crippen LogP contribution is 2.48. The van der Waals surface area contributed by atoms with Crippen LogP contribution in [0.25, 0.3) is 0 Å². The lowest BCUT2D eigenvalue weighted by Crippen LogP contribution is -2.38. The molecular weight excluding hydrogens is 212 g/mol. The van der Waals surface area contributed by atoms with Gasteiger partial charge >= 0.3 is 5.97 Å². The topological polar surface area (TPSA) is 37.3 Å². The molecule has 0 aliphatic heterocycles. The molecule has 17 heavy (non-hydrogen) atoms. The molecule has 0 aromatic rings. The Labute approximate surface area is 105 Å². The molecule has 0 heterocycles. The highest BCUT2D eigenvalue weighted by atomic mass is 16.4. The lowest BCUT2D eigenvalue weighted by Gasteiger charge is -2.42. The normalized spacial score (nSPS) is 29.6. The van der Waals surface area contributed by atoms with Crippen LogP contribution < -0.4 is 0 Å². The minimum absolute atomic E-state index is 0.320. The Hall–Kier alpha value is -0.970. The third-order valence-electron chi connectivity index (χ3n) is 4.85. The molecule has 1 aliphatic rings. The third-order valence-corrected chi connectivity index (χ3v) is 4.85. The van der Waals surface area contributed by atoms with Crippen LogP contribution >= 0.6 is 0 Å². The van der Waals surface area contributed by atoms with Gasteiger partial charge in [0.05, 0.1) is 5.41 Å². The predicted octanol–water partition coefficient (Wildman–Crippen LogP) is 3.71. The Kier molecular flexibility index (Phi) is 4.25. The third kappa shape index (κ3) is 2.83. The summed E-state index contributed by atoms with van der Waals surface area (Å²) in [7, 11) is 0. The van der Waals surface area contributed by atoms with Gasteiger partial charge in [0, 0.05) is 6.42 Å². The van der Waals surface area contributed by atoms with Crippen molar-refractivity contribution >= 4 is 5.97 Å². The van der Waals surface area contributed by atoms with Crippen molar-refractivity contribution in [2.24, 2.45) is 16.7 Å². The molecule has 0 saturated heterocycles. The number of rotatable bonds is 4. The summed E-state index contributed by atoms with van der Waals surface area (Å²) in [6.45, 7) is 6.78. The maximum atomic E-state index is 11.4. The Morgan fingerprint density at radius 3 is 2.35 bits per heavy atom. The molecule has 1 saturated carbocycles. The highest BCUT2D eigenvalue weighted by Gasteiger charge is 2.43. The molecule has 2 heteroatoms. The van der Waals surface area contributed by atoms with Crippen molar-refractivity contribution in [3.63, 3.8) is 0 Å². The van der Waals surface area contributed by atoms with E-state index in [1.54, 1.807) is 0 Å². The van der Waals surface area contributed by atoms with Crippen LogP contribution in [0.2, 0.25) is 0 Å². The number of hydrogen-bond donors (Lipinski definition) is 1. The number of carboxylic acids is 1. The zero-order valence-corrected chi connectivity index (χ0v) is 11.3. The maximum Gasteiger partial charge on any atom is 0.310 e. The molecule has 0 bridgehead atoms. The van der Waals surface area contributed by atoms with Crippen molar-refractivity contribution in [1.29, 1.82) is 0 Å². The van der Waals surface area contributed by atoms with Gasteiger partial charge in [0.1, 0.15) is 0 Å². The van der Waals surface area contributed by atoms with E-state index >= 15 is 0 Å². The molecule has 0 aromatic heterocycles. The van der Waals surface area contributed by atoms with Crippen LogP contribution in [-0.4, -0.2) is 11.1 Å². The molecule has 0 unspecified atom stereocenters. The van der Waals surface area contributed by atoms with Crippen molar-refractivity contribution in [2.75, 3.05) is 0 Å². The molecule has 1 fully saturated rings. The molecule has 1 N–H and O–H groups in total. The minimum atomic E-state index is -0.705. The first-order valence-corrected chi connectivity index (χ1v) is 6.55. The smallest absolute Gasteiger partial charge is 0.310 e. The SMILES string of the molecule is C#CCC1(C(=O)O)CCC(C(C)(C)CC)CC1. The first-order chi connectivity index (χ1) is 7.88. The first-order valence-electron chi connectivity index (χ1n) is 6.55. The standard InChI is InChI=1S/C15H24O2/c1-5-9-15(13(16)17)10-7-12(8-11-15)14(3,4)6-2/h1,12H,6-11H2,2-4H3,(H,16,17). The predicted molar refractivity (Wildman–Crippen MR) is 69.5 cm³/mol. The molecule has 0 aromatic carbocycles. The van der Waals surface area contributed by atoms with Gasteiger partial charge in [0.2, 0.25) is 0 Å².